The number of aliphatic hydroxyl groups is 1. The minimum absolute atomic E-state index is 0.0131. The summed E-state index contributed by atoms with van der Waals surface area (Å²) in [6, 6.07) is 13.4. The molecule has 1 aliphatic rings. The zero-order valence-electron chi connectivity index (χ0n) is 16.3. The summed E-state index contributed by atoms with van der Waals surface area (Å²) in [5.41, 5.74) is 11.3. The van der Waals surface area contributed by atoms with Crippen LogP contribution in [0.1, 0.15) is 23.2 Å². The molecule has 1 amide bonds. The van der Waals surface area contributed by atoms with Gasteiger partial charge in [-0.15, -0.1) is 0 Å². The number of rotatable bonds is 6. The van der Waals surface area contributed by atoms with Crippen molar-refractivity contribution in [3.63, 3.8) is 0 Å². The normalized spacial score (nSPS) is 13.6. The molecule has 0 aliphatic heterocycles. The number of fused-ring (bicyclic) bond motifs is 3. The van der Waals surface area contributed by atoms with E-state index < -0.39 is 0 Å². The zero-order chi connectivity index (χ0) is 20.7. The van der Waals surface area contributed by atoms with Gasteiger partial charge in [0.15, 0.2) is 11.5 Å². The van der Waals surface area contributed by atoms with Crippen molar-refractivity contribution in [2.45, 2.75) is 18.9 Å². The summed E-state index contributed by atoms with van der Waals surface area (Å²) in [5.74, 6) is 0.539. The van der Waals surface area contributed by atoms with Crippen LogP contribution < -0.4 is 16.4 Å². The smallest absolute Gasteiger partial charge is 0.251 e. The molecule has 5 N–H and O–H groups in total. The summed E-state index contributed by atoms with van der Waals surface area (Å²) in [6.07, 6.45) is 3.91. The number of aromatic nitrogens is 3. The molecule has 0 spiro atoms. The van der Waals surface area contributed by atoms with Gasteiger partial charge in [-0.1, -0.05) is 12.1 Å². The third kappa shape index (κ3) is 3.31. The number of benzene rings is 2. The highest BCUT2D eigenvalue weighted by atomic mass is 16.3. The van der Waals surface area contributed by atoms with Crippen LogP contribution in [-0.4, -0.2) is 44.6 Å². The Balaban J connectivity index is 1.61. The first-order valence-corrected chi connectivity index (χ1v) is 9.97. The lowest BCUT2D eigenvalue weighted by atomic mass is 10.1. The van der Waals surface area contributed by atoms with Crippen LogP contribution in [0.5, 0.6) is 0 Å². The van der Waals surface area contributed by atoms with Gasteiger partial charge in [0, 0.05) is 29.4 Å². The minimum Gasteiger partial charge on any atom is -0.399 e. The fourth-order valence-corrected chi connectivity index (χ4v) is 3.54. The van der Waals surface area contributed by atoms with Crippen molar-refractivity contribution < 1.29 is 9.90 Å². The Morgan fingerprint density at radius 2 is 2.00 bits per heavy atom. The molecule has 2 aromatic heterocycles. The number of carbonyl (C=O) groups excluding carboxylic acids is 1. The van der Waals surface area contributed by atoms with E-state index in [2.05, 4.69) is 20.6 Å². The molecule has 2 aromatic carbocycles. The predicted octanol–water partition coefficient (Wildman–Crippen LogP) is 2.43. The molecule has 0 saturated heterocycles. The lowest BCUT2D eigenvalue weighted by molar-refractivity contribution is 0.0951. The number of nitrogens with two attached hydrogens (primary N) is 1. The molecular weight excluding hydrogens is 380 g/mol. The van der Waals surface area contributed by atoms with Gasteiger partial charge in [0.1, 0.15) is 0 Å². The maximum Gasteiger partial charge on any atom is 0.251 e. The Morgan fingerprint density at radius 3 is 2.73 bits per heavy atom. The topological polar surface area (TPSA) is 118 Å². The zero-order valence-corrected chi connectivity index (χ0v) is 16.3. The lowest BCUT2D eigenvalue weighted by Gasteiger charge is -2.12. The van der Waals surface area contributed by atoms with E-state index in [1.165, 1.54) is 0 Å². The standard InChI is InChI=1S/C22H22N6O2/c23-15-5-8-18-17(11-15)27-20(24-9-10-29)21-25-12-19(28(18)21)13-1-3-14(4-2-13)22(30)26-16-6-7-16/h1-5,8,11-12,16,29H,6-7,9-10,23H2,(H,24,27)(H,26,30). The molecule has 1 saturated carbocycles. The highest BCUT2D eigenvalue weighted by Crippen LogP contribution is 2.29. The number of nitrogens with one attached hydrogen (secondary N) is 2. The number of imidazole rings is 1. The molecule has 4 aromatic rings. The van der Waals surface area contributed by atoms with Crippen LogP contribution in [0.25, 0.3) is 27.9 Å². The van der Waals surface area contributed by atoms with Crippen molar-refractivity contribution in [2.75, 3.05) is 24.2 Å². The molecule has 1 aliphatic carbocycles. The Bertz CT molecular complexity index is 1240. The molecule has 1 fully saturated rings. The first-order chi connectivity index (χ1) is 14.6. The van der Waals surface area contributed by atoms with Gasteiger partial charge in [-0.2, -0.15) is 0 Å². The summed E-state index contributed by atoms with van der Waals surface area (Å²) in [7, 11) is 0. The largest absolute Gasteiger partial charge is 0.399 e. The number of carbonyl (C=O) groups is 1. The van der Waals surface area contributed by atoms with E-state index >= 15 is 0 Å². The maximum atomic E-state index is 12.3. The third-order valence-corrected chi connectivity index (χ3v) is 5.21. The highest BCUT2D eigenvalue weighted by Gasteiger charge is 2.23. The van der Waals surface area contributed by atoms with Crippen molar-refractivity contribution >= 4 is 34.1 Å². The lowest BCUT2D eigenvalue weighted by Crippen LogP contribution is -2.25. The number of hydrogen-bond acceptors (Lipinski definition) is 6. The fraction of sp³-hybridized carbons (Fsp3) is 0.227. The Labute approximate surface area is 172 Å². The molecule has 30 heavy (non-hydrogen) atoms. The van der Waals surface area contributed by atoms with E-state index in [0.717, 1.165) is 35.1 Å². The SMILES string of the molecule is Nc1ccc2c(c1)nc(NCCO)c1ncc(-c3ccc(C(=O)NC4CC4)cc3)n12. The van der Waals surface area contributed by atoms with Crippen molar-refractivity contribution in [1.29, 1.82) is 0 Å². The van der Waals surface area contributed by atoms with E-state index in [9.17, 15) is 9.90 Å². The number of nitrogens with zero attached hydrogens (tertiary/aromatic N) is 3. The average Bonchev–Trinajstić information content (AvgIpc) is 3.46. The van der Waals surface area contributed by atoms with Crippen molar-refractivity contribution in [1.82, 2.24) is 19.7 Å². The van der Waals surface area contributed by atoms with Crippen LogP contribution in [0.15, 0.2) is 48.7 Å². The monoisotopic (exact) mass is 402 g/mol. The summed E-state index contributed by atoms with van der Waals surface area (Å²) >= 11 is 0. The minimum atomic E-state index is -0.0391. The van der Waals surface area contributed by atoms with Gasteiger partial charge in [-0.05, 0) is 43.2 Å². The molecule has 0 unspecified atom stereocenters. The molecule has 0 radical (unpaired) electrons. The van der Waals surface area contributed by atoms with Crippen LogP contribution in [0, 0.1) is 0 Å². The summed E-state index contributed by atoms with van der Waals surface area (Å²) in [5, 5.41) is 15.3. The van der Waals surface area contributed by atoms with Crippen molar-refractivity contribution in [2.24, 2.45) is 0 Å². The summed E-state index contributed by atoms with van der Waals surface area (Å²) in [4.78, 5) is 21.5. The number of hydrogen-bond donors (Lipinski definition) is 4. The van der Waals surface area contributed by atoms with Crippen molar-refractivity contribution in [3.8, 4) is 11.3 Å². The fourth-order valence-electron chi connectivity index (χ4n) is 3.54. The second-order valence-electron chi connectivity index (χ2n) is 7.49. The molecule has 8 heteroatoms. The van der Waals surface area contributed by atoms with E-state index in [-0.39, 0.29) is 12.5 Å². The maximum absolute atomic E-state index is 12.3. The van der Waals surface area contributed by atoms with Gasteiger partial charge < -0.3 is 21.5 Å². The molecule has 8 nitrogen and oxygen atoms in total. The molecule has 5 rings (SSSR count). The molecule has 2 heterocycles. The Kier molecular flexibility index (Phi) is 4.48. The summed E-state index contributed by atoms with van der Waals surface area (Å²) in [6.45, 7) is 0.351. The first kappa shape index (κ1) is 18.4. The first-order valence-electron chi connectivity index (χ1n) is 9.97. The quantitative estimate of drug-likeness (QED) is 0.368. The molecule has 0 bridgehead atoms. The molecule has 152 valence electrons. The third-order valence-electron chi connectivity index (χ3n) is 5.21. The van der Waals surface area contributed by atoms with Crippen LogP contribution >= 0.6 is 0 Å². The molecular formula is C22H22N6O2. The van der Waals surface area contributed by atoms with E-state index in [1.807, 2.05) is 46.9 Å². The Morgan fingerprint density at radius 1 is 1.20 bits per heavy atom. The van der Waals surface area contributed by atoms with Gasteiger partial charge in [-0.3, -0.25) is 9.20 Å². The van der Waals surface area contributed by atoms with Crippen LogP contribution in [0.3, 0.4) is 0 Å². The van der Waals surface area contributed by atoms with Gasteiger partial charge >= 0.3 is 0 Å². The van der Waals surface area contributed by atoms with Gasteiger partial charge in [0.05, 0.1) is 29.5 Å². The average molecular weight is 402 g/mol. The van der Waals surface area contributed by atoms with Crippen LogP contribution in [0.4, 0.5) is 11.5 Å². The highest BCUT2D eigenvalue weighted by molar-refractivity contribution is 5.95. The second kappa shape index (κ2) is 7.31. The number of amides is 1. The summed E-state index contributed by atoms with van der Waals surface area (Å²) < 4.78 is 2.01. The van der Waals surface area contributed by atoms with E-state index in [0.29, 0.717) is 35.3 Å². The van der Waals surface area contributed by atoms with Gasteiger partial charge in [0.2, 0.25) is 0 Å². The van der Waals surface area contributed by atoms with Crippen LogP contribution in [0.2, 0.25) is 0 Å². The van der Waals surface area contributed by atoms with Gasteiger partial charge in [-0.25, -0.2) is 9.97 Å². The Hall–Kier alpha value is -3.65. The number of aliphatic hydroxyl groups excluding tert-OH is 1. The van der Waals surface area contributed by atoms with E-state index in [1.54, 1.807) is 6.20 Å². The predicted molar refractivity (Wildman–Crippen MR) is 116 cm³/mol. The van der Waals surface area contributed by atoms with E-state index in [4.69, 9.17) is 5.73 Å². The molecule has 0 atom stereocenters. The van der Waals surface area contributed by atoms with Crippen molar-refractivity contribution in [3.05, 3.63) is 54.2 Å². The number of anilines is 2. The number of nitrogen functional groups attached to an aromatic ring is 1. The van der Waals surface area contributed by atoms with Crippen LogP contribution in [-0.2, 0) is 0 Å². The second-order valence-corrected chi connectivity index (χ2v) is 7.49. The van der Waals surface area contributed by atoms with Gasteiger partial charge in [0.25, 0.3) is 5.91 Å².